The van der Waals surface area contributed by atoms with Gasteiger partial charge in [0.05, 0.1) is 56.8 Å². The van der Waals surface area contributed by atoms with Crippen LogP contribution in [0.15, 0.2) is 72.4 Å². The molecule has 5 aromatic heterocycles. The van der Waals surface area contributed by atoms with Crippen LogP contribution in [-0.2, 0) is 32.1 Å². The highest BCUT2D eigenvalue weighted by atomic mass is 32.1. The predicted octanol–water partition coefficient (Wildman–Crippen LogP) is 12.3. The van der Waals surface area contributed by atoms with Gasteiger partial charge in [0.2, 0.25) is 17.7 Å². The van der Waals surface area contributed by atoms with E-state index in [-0.39, 0.29) is 70.7 Å². The van der Waals surface area contributed by atoms with Crippen molar-refractivity contribution in [2.24, 2.45) is 21.7 Å². The Morgan fingerprint density at radius 2 is 1.63 bits per heavy atom. The first-order valence-electron chi connectivity index (χ1n) is 33.2. The minimum absolute atomic E-state index is 0.0295. The van der Waals surface area contributed by atoms with Gasteiger partial charge in [0.25, 0.3) is 0 Å². The van der Waals surface area contributed by atoms with Crippen LogP contribution in [0, 0.1) is 42.4 Å². The lowest BCUT2D eigenvalue weighted by atomic mass is 9.39. The fraction of sp³-hybridized carbons (Fsp3) is 0.549. The molecule has 4 saturated carbocycles. The summed E-state index contributed by atoms with van der Waals surface area (Å²) in [4.78, 5) is 76.2. The zero-order valence-corrected chi connectivity index (χ0v) is 57.2. The van der Waals surface area contributed by atoms with Crippen molar-refractivity contribution >= 4 is 79.2 Å². The Balaban J connectivity index is 0.624. The highest BCUT2D eigenvalue weighted by Crippen LogP contribution is 2.72. The van der Waals surface area contributed by atoms with Crippen LogP contribution in [0.3, 0.4) is 0 Å². The lowest BCUT2D eigenvalue weighted by Gasteiger charge is -2.69. The summed E-state index contributed by atoms with van der Waals surface area (Å²) in [5.74, 6) is -0.109. The number of pyridine rings is 1. The van der Waals surface area contributed by atoms with Crippen molar-refractivity contribution in [1.82, 2.24) is 55.4 Å². The number of aryl methyl sites for hydroxylation is 1. The Hall–Kier alpha value is -7.24. The molecule has 4 aliphatic carbocycles. The maximum Gasteiger partial charge on any atom is 0.355 e. The molecule has 2 aliphatic heterocycles. The van der Waals surface area contributed by atoms with Crippen LogP contribution in [0.4, 0.5) is 22.6 Å². The molecule has 2 unspecified atom stereocenters. The first kappa shape index (κ1) is 65.8. The number of carbonyl (C=O) groups excluding carboxylic acids is 3. The minimum atomic E-state index is -1.11. The number of amides is 3. The van der Waals surface area contributed by atoms with Gasteiger partial charge >= 0.3 is 5.97 Å². The van der Waals surface area contributed by atoms with E-state index in [1.165, 1.54) is 6.42 Å². The number of benzene rings is 2. The molecule has 22 heteroatoms. The largest absolute Gasteiger partial charge is 0.476 e. The Labute approximate surface area is 553 Å². The van der Waals surface area contributed by atoms with E-state index in [0.717, 1.165) is 137 Å². The molecule has 93 heavy (non-hydrogen) atoms. The number of aliphatic hydroxyl groups is 1. The number of nitrogens with zero attached hydrogens (tertiary/aromatic N) is 10. The number of hydrogen-bond acceptors (Lipinski definition) is 17. The van der Waals surface area contributed by atoms with Crippen LogP contribution in [0.5, 0.6) is 0 Å². The van der Waals surface area contributed by atoms with Crippen molar-refractivity contribution < 1.29 is 34.1 Å². The van der Waals surface area contributed by atoms with Crippen LogP contribution in [0.2, 0.25) is 0 Å². The molecule has 7 heterocycles. The lowest BCUT2D eigenvalue weighted by Crippen LogP contribution is -2.64. The van der Waals surface area contributed by atoms with Crippen LogP contribution in [0.1, 0.15) is 170 Å². The number of thiazole rings is 2. The number of carboxylic acid groups (broad SMARTS) is 1. The molecule has 20 nitrogen and oxygen atoms in total. The Bertz CT molecular complexity index is 3880. The highest BCUT2D eigenvalue weighted by molar-refractivity contribution is 7.22. The third kappa shape index (κ3) is 14.0. The Morgan fingerprint density at radius 3 is 2.35 bits per heavy atom. The minimum Gasteiger partial charge on any atom is -0.476 e. The maximum atomic E-state index is 14.5. The van der Waals surface area contributed by atoms with Crippen molar-refractivity contribution in [1.29, 1.82) is 0 Å². The number of hydrogen-bond donors (Lipinski definition) is 5. The number of carboxylic acids is 1. The molecule has 5 N–H and O–H groups in total. The fourth-order valence-electron chi connectivity index (χ4n) is 17.0. The van der Waals surface area contributed by atoms with Crippen LogP contribution < -0.4 is 20.9 Å². The molecule has 5 fully saturated rings. The number of aromatic nitrogens is 7. The smallest absolute Gasteiger partial charge is 0.355 e. The van der Waals surface area contributed by atoms with E-state index in [1.807, 2.05) is 126 Å². The number of unbranched alkanes of at least 4 members (excludes halogenated alkanes) is 2. The number of ether oxygens (including phenoxy) is 1. The maximum absolute atomic E-state index is 14.5. The fourth-order valence-corrected chi connectivity index (χ4v) is 18.7. The first-order chi connectivity index (χ1) is 44.3. The summed E-state index contributed by atoms with van der Waals surface area (Å²) in [5, 5.41) is 46.1. The normalized spacial score (nSPS) is 24.1. The van der Waals surface area contributed by atoms with E-state index in [1.54, 1.807) is 27.6 Å². The number of carbonyl (C=O) groups is 4. The molecule has 1 saturated heterocycles. The molecular weight excluding hydrogens is 1210 g/mol. The molecule has 6 aliphatic rings. The van der Waals surface area contributed by atoms with E-state index in [4.69, 9.17) is 24.9 Å². The second kappa shape index (κ2) is 26.2. The third-order valence-corrected chi connectivity index (χ3v) is 22.4. The molecule has 0 spiro atoms. The average Bonchev–Trinajstić information content (AvgIpc) is 0.738. The van der Waals surface area contributed by atoms with Gasteiger partial charge in [-0.25, -0.2) is 19.7 Å². The lowest BCUT2D eigenvalue weighted by molar-refractivity contribution is -0.248. The summed E-state index contributed by atoms with van der Waals surface area (Å²) in [6.45, 7) is 22.5. The quantitative estimate of drug-likeness (QED) is 0.0374. The van der Waals surface area contributed by atoms with Crippen LogP contribution in [-0.4, -0.2) is 142 Å². The molecule has 13 rings (SSSR count). The molecule has 6 atom stereocenters. The van der Waals surface area contributed by atoms with Gasteiger partial charge in [-0.05, 0) is 169 Å². The van der Waals surface area contributed by atoms with E-state index < -0.39 is 29.6 Å². The Morgan fingerprint density at radius 1 is 0.871 bits per heavy atom. The summed E-state index contributed by atoms with van der Waals surface area (Å²) in [7, 11) is 2.13. The van der Waals surface area contributed by atoms with Gasteiger partial charge in [0, 0.05) is 67.0 Å². The number of para-hydroxylation sites is 1. The van der Waals surface area contributed by atoms with Gasteiger partial charge in [0.15, 0.2) is 22.5 Å². The van der Waals surface area contributed by atoms with Crippen molar-refractivity contribution in [3.63, 3.8) is 0 Å². The van der Waals surface area contributed by atoms with E-state index in [9.17, 15) is 29.4 Å². The summed E-state index contributed by atoms with van der Waals surface area (Å²) < 4.78 is 10.4. The molecule has 4 bridgehead atoms. The predicted molar refractivity (Wildman–Crippen MR) is 364 cm³/mol. The number of anilines is 4. The van der Waals surface area contributed by atoms with Crippen LogP contribution in [0.25, 0.3) is 31.8 Å². The topological polar surface area (TPSA) is 246 Å². The number of likely N-dealkylation sites (N-methyl/N-ethyl adjacent to an activating group) is 1. The SMILES string of the molecule is Cc1ncsc1-c1ccc([C@H](C)NC(=O)[C@H]2C[C@@H](O)CCN2C(=O)[C@H](NC(=O)CCCCCN(C)CCOC23CC4(C)CC(C)(CC(Cn5ncc(-c6ccc(N7CCCc8c7nnc(Nc7nc9ccccc9s7)c8C)nc6C(=O)O)c5C)(C4)C2)C3)C(C)(C)C)cc1. The second-order valence-electron chi connectivity index (χ2n) is 29.6. The van der Waals surface area contributed by atoms with Gasteiger partial charge in [-0.3, -0.25) is 19.1 Å². The van der Waals surface area contributed by atoms with E-state index in [0.29, 0.717) is 49.0 Å². The molecule has 494 valence electrons. The van der Waals surface area contributed by atoms with Gasteiger partial charge < -0.3 is 45.6 Å². The number of rotatable bonds is 23. The molecule has 2 aromatic carbocycles. The number of nitrogens with one attached hydrogen (secondary N) is 3. The average molecular weight is 1300 g/mol. The van der Waals surface area contributed by atoms with Gasteiger partial charge in [0.1, 0.15) is 17.9 Å². The van der Waals surface area contributed by atoms with E-state index in [2.05, 4.69) is 56.5 Å². The number of piperidine rings is 1. The molecule has 7 aromatic rings. The van der Waals surface area contributed by atoms with Crippen molar-refractivity contribution in [2.45, 2.75) is 189 Å². The zero-order valence-electron chi connectivity index (χ0n) is 55.6. The summed E-state index contributed by atoms with van der Waals surface area (Å²) in [5.41, 5.74) is 9.21. The summed E-state index contributed by atoms with van der Waals surface area (Å²) in [6.07, 6.45) is 12.3. The molecule has 0 radical (unpaired) electrons. The number of aromatic carboxylic acids is 1. The van der Waals surface area contributed by atoms with Crippen molar-refractivity contribution in [3.8, 4) is 21.6 Å². The van der Waals surface area contributed by atoms with Crippen molar-refractivity contribution in [2.75, 3.05) is 50.1 Å². The first-order valence-corrected chi connectivity index (χ1v) is 34.9. The van der Waals surface area contributed by atoms with Gasteiger partial charge in [-0.2, -0.15) is 5.10 Å². The van der Waals surface area contributed by atoms with Crippen LogP contribution >= 0.6 is 22.7 Å². The van der Waals surface area contributed by atoms with E-state index >= 15 is 0 Å². The number of aliphatic hydroxyl groups excluding tert-OH is 1. The molecule has 3 amide bonds. The number of likely N-dealkylation sites (tertiary alicyclic amines) is 1. The Kier molecular flexibility index (Phi) is 18.5. The van der Waals surface area contributed by atoms with Gasteiger partial charge in [-0.1, -0.05) is 88.8 Å². The van der Waals surface area contributed by atoms with Crippen molar-refractivity contribution in [3.05, 3.63) is 106 Å². The molecular formula is C71H91N13O7S2. The summed E-state index contributed by atoms with van der Waals surface area (Å²) >= 11 is 3.15. The standard InChI is InChI=1S/C71H91N13O7S2/c1-43-50-17-16-29-83(62(50)80-79-61(43)78-66-75-53-18-13-14-19-55(53)93-66)56-26-25-51(58(76-56)65(89)90)52-34-73-84(46(52)4)41-70-36-68(8)35-69(9,37-70)39-71(38-68,40-70)91-32-31-81(10)28-15-11-12-20-57(86)77-60(67(5,6)7)64(88)82-30-27-49(85)33-54(82)63(87)74-44(2)47-21-23-48(24-22-47)59-45(3)72-42-92-59/h13-14,18-19,21-26,34,42,44,49,54,60,85H,11-12,15-17,20,27-33,35-41H2,1-10H3,(H,74,87)(H,77,86)(H,89,90)(H,75,78,79)/t44-,49-,54+,60-,68?,69?,70?,71?/m0/s1. The summed E-state index contributed by atoms with van der Waals surface area (Å²) in [6, 6.07) is 17.7. The zero-order chi connectivity index (χ0) is 65.8. The van der Waals surface area contributed by atoms with Gasteiger partial charge in [-0.15, -0.1) is 21.5 Å². The monoisotopic (exact) mass is 1300 g/mol. The second-order valence-corrected chi connectivity index (χ2v) is 31.4. The number of fused-ring (bicyclic) bond motifs is 2. The third-order valence-electron chi connectivity index (χ3n) is 20.5. The highest BCUT2D eigenvalue weighted by Gasteiger charge is 2.66.